The van der Waals surface area contributed by atoms with Gasteiger partial charge in [-0.3, -0.25) is 4.68 Å². The van der Waals surface area contributed by atoms with Crippen molar-refractivity contribution in [1.82, 2.24) is 15.1 Å². The van der Waals surface area contributed by atoms with Gasteiger partial charge in [-0.15, -0.1) is 0 Å². The molecular formula is C12H22N4. The summed E-state index contributed by atoms with van der Waals surface area (Å²) in [5, 5.41) is 7.74. The molecule has 0 aromatic carbocycles. The third-order valence-electron chi connectivity index (χ3n) is 3.26. The molecule has 0 aliphatic heterocycles. The normalized spacial score (nSPS) is 15.5. The van der Waals surface area contributed by atoms with Crippen LogP contribution < -0.4 is 10.2 Å². The Kier molecular flexibility index (Phi) is 3.19. The lowest BCUT2D eigenvalue weighted by Crippen LogP contribution is -2.24. The standard InChI is InChI=1S/C12H22N4/c1-9-11(7-13-2)12(16(4)14-9)15(3)8-10-5-6-10/h10,13H,5-8H2,1-4H3. The minimum Gasteiger partial charge on any atom is -0.359 e. The van der Waals surface area contributed by atoms with Gasteiger partial charge in [-0.05, 0) is 32.7 Å². The van der Waals surface area contributed by atoms with E-state index in [1.54, 1.807) is 0 Å². The van der Waals surface area contributed by atoms with E-state index in [0.29, 0.717) is 0 Å². The van der Waals surface area contributed by atoms with Gasteiger partial charge in [0.15, 0.2) is 0 Å². The molecule has 0 spiro atoms. The molecule has 1 aromatic heterocycles. The monoisotopic (exact) mass is 222 g/mol. The van der Waals surface area contributed by atoms with Crippen LogP contribution in [0.4, 0.5) is 5.82 Å². The average molecular weight is 222 g/mol. The highest BCUT2D eigenvalue weighted by Gasteiger charge is 2.25. The third kappa shape index (κ3) is 2.21. The number of anilines is 1. The van der Waals surface area contributed by atoms with Crippen molar-refractivity contribution in [2.45, 2.75) is 26.3 Å². The van der Waals surface area contributed by atoms with Crippen LogP contribution in [0.5, 0.6) is 0 Å². The summed E-state index contributed by atoms with van der Waals surface area (Å²) in [4.78, 5) is 2.35. The quantitative estimate of drug-likeness (QED) is 0.815. The summed E-state index contributed by atoms with van der Waals surface area (Å²) in [7, 11) is 6.19. The average Bonchev–Trinajstić information content (AvgIpc) is 2.95. The summed E-state index contributed by atoms with van der Waals surface area (Å²) < 4.78 is 2.00. The largest absolute Gasteiger partial charge is 0.359 e. The van der Waals surface area contributed by atoms with Crippen LogP contribution in [-0.4, -0.2) is 30.4 Å². The maximum Gasteiger partial charge on any atom is 0.131 e. The van der Waals surface area contributed by atoms with Crippen LogP contribution in [0.3, 0.4) is 0 Å². The fraction of sp³-hybridized carbons (Fsp3) is 0.750. The minimum absolute atomic E-state index is 0.893. The molecule has 0 bridgehead atoms. The van der Waals surface area contributed by atoms with Crippen molar-refractivity contribution in [2.75, 3.05) is 25.5 Å². The van der Waals surface area contributed by atoms with E-state index in [0.717, 1.165) is 24.7 Å². The molecule has 1 heterocycles. The number of hydrogen-bond donors (Lipinski definition) is 1. The molecule has 1 aliphatic carbocycles. The van der Waals surface area contributed by atoms with Gasteiger partial charge < -0.3 is 10.2 Å². The molecule has 1 N–H and O–H groups in total. The predicted octanol–water partition coefficient (Wildman–Crippen LogP) is 1.29. The lowest BCUT2D eigenvalue weighted by Gasteiger charge is -2.20. The smallest absolute Gasteiger partial charge is 0.131 e. The number of aryl methyl sites for hydroxylation is 2. The maximum atomic E-state index is 4.51. The highest BCUT2D eigenvalue weighted by Crippen LogP contribution is 2.32. The Hall–Kier alpha value is -1.03. The van der Waals surface area contributed by atoms with E-state index in [4.69, 9.17) is 0 Å². The Morgan fingerprint density at radius 1 is 1.50 bits per heavy atom. The molecule has 0 unspecified atom stereocenters. The Morgan fingerprint density at radius 2 is 2.19 bits per heavy atom. The molecular weight excluding hydrogens is 200 g/mol. The van der Waals surface area contributed by atoms with Gasteiger partial charge in [-0.1, -0.05) is 0 Å². The Morgan fingerprint density at radius 3 is 2.75 bits per heavy atom. The van der Waals surface area contributed by atoms with Crippen molar-refractivity contribution in [2.24, 2.45) is 13.0 Å². The zero-order valence-electron chi connectivity index (χ0n) is 10.7. The van der Waals surface area contributed by atoms with E-state index < -0.39 is 0 Å². The zero-order chi connectivity index (χ0) is 11.7. The van der Waals surface area contributed by atoms with E-state index in [2.05, 4.69) is 29.3 Å². The van der Waals surface area contributed by atoms with Crippen LogP contribution in [-0.2, 0) is 13.6 Å². The number of nitrogens with one attached hydrogen (secondary N) is 1. The molecule has 1 saturated carbocycles. The van der Waals surface area contributed by atoms with Crippen LogP contribution in [0.15, 0.2) is 0 Å². The summed E-state index contributed by atoms with van der Waals surface area (Å²) >= 11 is 0. The molecule has 90 valence electrons. The number of rotatable bonds is 5. The Balaban J connectivity index is 2.21. The molecule has 1 aliphatic rings. The lowest BCUT2D eigenvalue weighted by atomic mass is 10.2. The number of nitrogens with zero attached hydrogens (tertiary/aromatic N) is 3. The summed E-state index contributed by atoms with van der Waals surface area (Å²) in [6, 6.07) is 0. The molecule has 4 nitrogen and oxygen atoms in total. The van der Waals surface area contributed by atoms with Crippen molar-refractivity contribution >= 4 is 5.82 Å². The van der Waals surface area contributed by atoms with Crippen molar-refractivity contribution in [1.29, 1.82) is 0 Å². The van der Waals surface area contributed by atoms with Crippen molar-refractivity contribution in [3.05, 3.63) is 11.3 Å². The second kappa shape index (κ2) is 4.45. The molecule has 0 atom stereocenters. The summed E-state index contributed by atoms with van der Waals surface area (Å²) in [5.74, 6) is 2.17. The van der Waals surface area contributed by atoms with Crippen LogP contribution in [0.1, 0.15) is 24.1 Å². The molecule has 0 amide bonds. The second-order valence-electron chi connectivity index (χ2n) is 4.87. The first-order valence-electron chi connectivity index (χ1n) is 6.01. The van der Waals surface area contributed by atoms with E-state index in [-0.39, 0.29) is 0 Å². The summed E-state index contributed by atoms with van der Waals surface area (Å²) in [5.41, 5.74) is 2.46. The van der Waals surface area contributed by atoms with E-state index >= 15 is 0 Å². The van der Waals surface area contributed by atoms with Crippen LogP contribution in [0.25, 0.3) is 0 Å². The van der Waals surface area contributed by atoms with Gasteiger partial charge in [-0.2, -0.15) is 5.10 Å². The van der Waals surface area contributed by atoms with Gasteiger partial charge in [0.2, 0.25) is 0 Å². The topological polar surface area (TPSA) is 33.1 Å². The van der Waals surface area contributed by atoms with E-state index in [1.807, 2.05) is 18.8 Å². The molecule has 0 saturated heterocycles. The second-order valence-corrected chi connectivity index (χ2v) is 4.87. The molecule has 4 heteroatoms. The van der Waals surface area contributed by atoms with Gasteiger partial charge in [0, 0.05) is 32.7 Å². The molecule has 2 rings (SSSR count). The first-order chi connectivity index (χ1) is 7.63. The Bertz CT molecular complexity index is 365. The number of hydrogen-bond acceptors (Lipinski definition) is 3. The highest BCUT2D eigenvalue weighted by molar-refractivity contribution is 5.49. The first kappa shape index (κ1) is 11.5. The van der Waals surface area contributed by atoms with Crippen molar-refractivity contribution in [3.63, 3.8) is 0 Å². The van der Waals surface area contributed by atoms with Crippen molar-refractivity contribution < 1.29 is 0 Å². The molecule has 1 fully saturated rings. The third-order valence-corrected chi connectivity index (χ3v) is 3.26. The SMILES string of the molecule is CNCc1c(C)nn(C)c1N(C)CC1CC1. The summed E-state index contributed by atoms with van der Waals surface area (Å²) in [6.07, 6.45) is 2.78. The van der Waals surface area contributed by atoms with Gasteiger partial charge in [-0.25, -0.2) is 0 Å². The fourth-order valence-corrected chi connectivity index (χ4v) is 2.33. The summed E-state index contributed by atoms with van der Waals surface area (Å²) in [6.45, 7) is 4.14. The Labute approximate surface area is 97.6 Å². The minimum atomic E-state index is 0.893. The maximum absolute atomic E-state index is 4.51. The van der Waals surface area contributed by atoms with E-state index in [1.165, 1.54) is 24.2 Å². The zero-order valence-corrected chi connectivity index (χ0v) is 10.7. The van der Waals surface area contributed by atoms with Crippen molar-refractivity contribution in [3.8, 4) is 0 Å². The van der Waals surface area contributed by atoms with Crippen LogP contribution in [0.2, 0.25) is 0 Å². The van der Waals surface area contributed by atoms with Gasteiger partial charge in [0.25, 0.3) is 0 Å². The first-order valence-corrected chi connectivity index (χ1v) is 6.01. The van der Waals surface area contributed by atoms with Gasteiger partial charge in [0.1, 0.15) is 5.82 Å². The van der Waals surface area contributed by atoms with Gasteiger partial charge in [0.05, 0.1) is 5.69 Å². The fourth-order valence-electron chi connectivity index (χ4n) is 2.33. The molecule has 0 radical (unpaired) electrons. The number of aromatic nitrogens is 2. The van der Waals surface area contributed by atoms with E-state index in [9.17, 15) is 0 Å². The molecule has 1 aromatic rings. The van der Waals surface area contributed by atoms with Crippen LogP contribution >= 0.6 is 0 Å². The lowest BCUT2D eigenvalue weighted by molar-refractivity contribution is 0.700. The van der Waals surface area contributed by atoms with Gasteiger partial charge >= 0.3 is 0 Å². The highest BCUT2D eigenvalue weighted by atomic mass is 15.4. The van der Waals surface area contributed by atoms with Crippen LogP contribution in [0, 0.1) is 12.8 Å². The molecule has 16 heavy (non-hydrogen) atoms. The predicted molar refractivity (Wildman–Crippen MR) is 66.7 cm³/mol.